The van der Waals surface area contributed by atoms with Crippen LogP contribution in [0.4, 0.5) is 11.4 Å². The van der Waals surface area contributed by atoms with Crippen LogP contribution < -0.4 is 15.4 Å². The third-order valence-electron chi connectivity index (χ3n) is 4.53. The summed E-state index contributed by atoms with van der Waals surface area (Å²) in [5.74, 6) is 1.68. The largest absolute Gasteiger partial charge is 0.497 e. The van der Waals surface area contributed by atoms with E-state index < -0.39 is 0 Å². The number of fused-ring (bicyclic) bond motifs is 1. The first kappa shape index (κ1) is 17.6. The molecule has 0 aromatic heterocycles. The van der Waals surface area contributed by atoms with Gasteiger partial charge in [-0.05, 0) is 55.0 Å². The minimum atomic E-state index is -0.169. The third-order valence-corrected chi connectivity index (χ3v) is 5.03. The Morgan fingerprint density at radius 2 is 1.74 bits per heavy atom. The van der Waals surface area contributed by atoms with Crippen LogP contribution in [0.5, 0.6) is 5.75 Å². The molecule has 4 nitrogen and oxygen atoms in total. The maximum Gasteiger partial charge on any atom is 0.147 e. The molecule has 0 spiro atoms. The van der Waals surface area contributed by atoms with Crippen molar-refractivity contribution in [3.63, 3.8) is 0 Å². The van der Waals surface area contributed by atoms with E-state index >= 15 is 0 Å². The van der Waals surface area contributed by atoms with Gasteiger partial charge in [0.15, 0.2) is 0 Å². The summed E-state index contributed by atoms with van der Waals surface area (Å²) in [7, 11) is 1.67. The van der Waals surface area contributed by atoms with Gasteiger partial charge in [0.05, 0.1) is 7.11 Å². The number of amidine groups is 1. The molecule has 0 saturated heterocycles. The number of ether oxygens (including phenoxy) is 1. The summed E-state index contributed by atoms with van der Waals surface area (Å²) in [6.45, 7) is 2.08. The quantitative estimate of drug-likeness (QED) is 0.565. The van der Waals surface area contributed by atoms with Crippen molar-refractivity contribution in [2.24, 2.45) is 4.99 Å². The molecule has 0 aliphatic carbocycles. The Morgan fingerprint density at radius 1 is 1.00 bits per heavy atom. The van der Waals surface area contributed by atoms with E-state index in [0.29, 0.717) is 0 Å². The number of anilines is 2. The van der Waals surface area contributed by atoms with Crippen LogP contribution >= 0.6 is 15.9 Å². The highest BCUT2D eigenvalue weighted by atomic mass is 79.9. The van der Waals surface area contributed by atoms with Crippen molar-refractivity contribution >= 4 is 33.1 Å². The van der Waals surface area contributed by atoms with Crippen LogP contribution in [0.1, 0.15) is 22.9 Å². The molecular weight excluding hydrogens is 402 g/mol. The number of halogens is 1. The lowest BCUT2D eigenvalue weighted by Gasteiger charge is -2.27. The van der Waals surface area contributed by atoms with E-state index in [-0.39, 0.29) is 6.17 Å². The molecule has 3 aromatic carbocycles. The number of hydrogen-bond donors (Lipinski definition) is 2. The lowest BCUT2D eigenvalue weighted by molar-refractivity contribution is 0.414. The average molecular weight is 422 g/mol. The summed E-state index contributed by atoms with van der Waals surface area (Å²) in [6, 6.07) is 22.5. The molecule has 0 saturated carbocycles. The average Bonchev–Trinajstić information content (AvgIpc) is 2.70. The maximum atomic E-state index is 5.26. The number of benzene rings is 3. The van der Waals surface area contributed by atoms with Crippen LogP contribution in [0.3, 0.4) is 0 Å². The predicted molar refractivity (Wildman–Crippen MR) is 115 cm³/mol. The van der Waals surface area contributed by atoms with E-state index in [1.807, 2.05) is 30.3 Å². The van der Waals surface area contributed by atoms with Crippen LogP contribution in [0, 0.1) is 6.92 Å². The molecule has 27 heavy (non-hydrogen) atoms. The summed E-state index contributed by atoms with van der Waals surface area (Å²) in [5.41, 5.74) is 5.40. The zero-order chi connectivity index (χ0) is 18.8. The number of hydrogen-bond acceptors (Lipinski definition) is 4. The van der Waals surface area contributed by atoms with Crippen molar-refractivity contribution in [1.29, 1.82) is 0 Å². The van der Waals surface area contributed by atoms with Crippen LogP contribution in [-0.2, 0) is 0 Å². The first-order chi connectivity index (χ1) is 13.1. The molecule has 1 unspecified atom stereocenters. The molecule has 1 atom stereocenters. The van der Waals surface area contributed by atoms with E-state index in [9.17, 15) is 0 Å². The van der Waals surface area contributed by atoms with Gasteiger partial charge in [-0.1, -0.05) is 45.8 Å². The van der Waals surface area contributed by atoms with Gasteiger partial charge in [0, 0.05) is 21.4 Å². The smallest absolute Gasteiger partial charge is 0.147 e. The Balaban J connectivity index is 1.72. The van der Waals surface area contributed by atoms with Gasteiger partial charge < -0.3 is 15.4 Å². The molecule has 1 aliphatic rings. The summed E-state index contributed by atoms with van der Waals surface area (Å²) in [4.78, 5) is 4.94. The van der Waals surface area contributed by atoms with Crippen LogP contribution in [0.25, 0.3) is 0 Å². The van der Waals surface area contributed by atoms with Crippen molar-refractivity contribution < 1.29 is 4.74 Å². The third kappa shape index (κ3) is 3.83. The molecule has 0 fully saturated rings. The molecule has 0 radical (unpaired) electrons. The number of aliphatic imine (C=N–C) groups is 1. The molecule has 1 aliphatic heterocycles. The Morgan fingerprint density at radius 3 is 2.44 bits per heavy atom. The highest BCUT2D eigenvalue weighted by molar-refractivity contribution is 9.10. The van der Waals surface area contributed by atoms with Gasteiger partial charge in [0.1, 0.15) is 17.8 Å². The van der Waals surface area contributed by atoms with Gasteiger partial charge in [-0.15, -0.1) is 0 Å². The summed E-state index contributed by atoms with van der Waals surface area (Å²) >= 11 is 3.56. The second-order valence-corrected chi connectivity index (χ2v) is 7.39. The SMILES string of the molecule is COc1ccc(C2N=C(Nc3ccc(C)cc3)c3cc(Br)ccc3N2)cc1. The lowest BCUT2D eigenvalue weighted by atomic mass is 10.1. The van der Waals surface area contributed by atoms with Gasteiger partial charge in [0.2, 0.25) is 0 Å². The Hall–Kier alpha value is -2.79. The minimum Gasteiger partial charge on any atom is -0.497 e. The monoisotopic (exact) mass is 421 g/mol. The number of nitrogens with zero attached hydrogens (tertiary/aromatic N) is 1. The van der Waals surface area contributed by atoms with E-state index in [1.165, 1.54) is 5.56 Å². The van der Waals surface area contributed by atoms with Crippen LogP contribution in [0.2, 0.25) is 0 Å². The molecule has 0 amide bonds. The van der Waals surface area contributed by atoms with Crippen LogP contribution in [-0.4, -0.2) is 12.9 Å². The molecule has 4 rings (SSSR count). The summed E-state index contributed by atoms with van der Waals surface area (Å²) in [5, 5.41) is 6.99. The van der Waals surface area contributed by atoms with Gasteiger partial charge >= 0.3 is 0 Å². The Bertz CT molecular complexity index is 981. The molecule has 1 heterocycles. The van der Waals surface area contributed by atoms with E-state index in [2.05, 4.69) is 69.9 Å². The second kappa shape index (κ2) is 7.45. The second-order valence-electron chi connectivity index (χ2n) is 6.48. The Labute approximate surface area is 167 Å². The first-order valence-corrected chi connectivity index (χ1v) is 9.53. The number of rotatable bonds is 3. The van der Waals surface area contributed by atoms with Crippen molar-refractivity contribution in [2.45, 2.75) is 13.1 Å². The van der Waals surface area contributed by atoms with Crippen molar-refractivity contribution in [1.82, 2.24) is 0 Å². The zero-order valence-electron chi connectivity index (χ0n) is 15.2. The fourth-order valence-corrected chi connectivity index (χ4v) is 3.39. The van der Waals surface area contributed by atoms with E-state index in [1.54, 1.807) is 7.11 Å². The molecule has 5 heteroatoms. The molecule has 3 aromatic rings. The fourth-order valence-electron chi connectivity index (χ4n) is 3.03. The summed E-state index contributed by atoms with van der Waals surface area (Å²) in [6.07, 6.45) is -0.169. The molecule has 2 N–H and O–H groups in total. The standard InChI is InChI=1S/C22H20BrN3O/c1-14-3-8-17(9-4-14)24-22-19-13-16(23)7-12-20(19)25-21(26-22)15-5-10-18(27-2)11-6-15/h3-13,21,25H,1-2H3,(H,24,26). The van der Waals surface area contributed by atoms with Gasteiger partial charge in [-0.2, -0.15) is 0 Å². The predicted octanol–water partition coefficient (Wildman–Crippen LogP) is 5.75. The van der Waals surface area contributed by atoms with Crippen molar-refractivity contribution in [3.05, 3.63) is 87.9 Å². The molecule has 136 valence electrons. The topological polar surface area (TPSA) is 45.6 Å². The fraction of sp³-hybridized carbons (Fsp3) is 0.136. The number of aryl methyl sites for hydroxylation is 1. The first-order valence-electron chi connectivity index (χ1n) is 8.74. The molecular formula is C22H20BrN3O. The highest BCUT2D eigenvalue weighted by Gasteiger charge is 2.22. The van der Waals surface area contributed by atoms with E-state index in [0.717, 1.165) is 38.6 Å². The number of nitrogens with one attached hydrogen (secondary N) is 2. The minimum absolute atomic E-state index is 0.169. The summed E-state index contributed by atoms with van der Waals surface area (Å²) < 4.78 is 6.28. The Kier molecular flexibility index (Phi) is 4.86. The zero-order valence-corrected chi connectivity index (χ0v) is 16.7. The lowest BCUT2D eigenvalue weighted by Crippen LogP contribution is -2.25. The van der Waals surface area contributed by atoms with E-state index in [4.69, 9.17) is 9.73 Å². The number of methoxy groups -OCH3 is 1. The van der Waals surface area contributed by atoms with Crippen molar-refractivity contribution in [2.75, 3.05) is 17.7 Å². The molecule has 0 bridgehead atoms. The normalized spacial score (nSPS) is 15.4. The van der Waals surface area contributed by atoms with Gasteiger partial charge in [-0.3, -0.25) is 0 Å². The van der Waals surface area contributed by atoms with Crippen LogP contribution in [0.15, 0.2) is 76.2 Å². The van der Waals surface area contributed by atoms with Gasteiger partial charge in [0.25, 0.3) is 0 Å². The van der Waals surface area contributed by atoms with Crippen molar-refractivity contribution in [3.8, 4) is 5.75 Å². The van der Waals surface area contributed by atoms with Gasteiger partial charge in [-0.25, -0.2) is 4.99 Å². The maximum absolute atomic E-state index is 5.26. The highest BCUT2D eigenvalue weighted by Crippen LogP contribution is 2.32.